The molecule has 3 nitrogen and oxygen atoms in total. The third kappa shape index (κ3) is 2.12. The maximum Gasteiger partial charge on any atom is 0.165 e. The van der Waals surface area contributed by atoms with Crippen molar-refractivity contribution in [3.63, 3.8) is 0 Å². The fourth-order valence-electron chi connectivity index (χ4n) is 2.47. The molecule has 0 saturated heterocycles. The smallest absolute Gasteiger partial charge is 0.165 e. The van der Waals surface area contributed by atoms with E-state index in [2.05, 4.69) is 18.3 Å². The zero-order valence-electron chi connectivity index (χ0n) is 10.5. The minimum Gasteiger partial charge on any atom is -0.493 e. The van der Waals surface area contributed by atoms with Gasteiger partial charge in [0.15, 0.2) is 11.5 Å². The summed E-state index contributed by atoms with van der Waals surface area (Å²) in [6.45, 7) is 2.88. The first-order chi connectivity index (χ1) is 8.28. The summed E-state index contributed by atoms with van der Waals surface area (Å²) in [6.07, 6.45) is 3.68. The van der Waals surface area contributed by atoms with Crippen molar-refractivity contribution in [3.05, 3.63) is 23.3 Å². The zero-order chi connectivity index (χ0) is 11.8. The summed E-state index contributed by atoms with van der Waals surface area (Å²) < 4.78 is 11.2. The Morgan fingerprint density at radius 1 is 1.29 bits per heavy atom. The number of fused-ring (bicyclic) bond motifs is 1. The van der Waals surface area contributed by atoms with Gasteiger partial charge in [-0.3, -0.25) is 0 Å². The first-order valence-corrected chi connectivity index (χ1v) is 6.35. The summed E-state index contributed by atoms with van der Waals surface area (Å²) in [6, 6.07) is 5.41. The van der Waals surface area contributed by atoms with Crippen LogP contribution in [0.4, 0.5) is 0 Å². The van der Waals surface area contributed by atoms with Gasteiger partial charge < -0.3 is 14.8 Å². The number of benzene rings is 1. The van der Waals surface area contributed by atoms with Crippen molar-refractivity contribution < 1.29 is 9.47 Å². The normalized spacial score (nSPS) is 22.8. The first kappa shape index (κ1) is 10.9. The van der Waals surface area contributed by atoms with E-state index >= 15 is 0 Å². The van der Waals surface area contributed by atoms with E-state index in [1.165, 1.54) is 24.0 Å². The van der Waals surface area contributed by atoms with Gasteiger partial charge in [0.1, 0.15) is 0 Å². The van der Waals surface area contributed by atoms with Crippen molar-refractivity contribution in [3.8, 4) is 11.5 Å². The average Bonchev–Trinajstić information content (AvgIpc) is 3.13. The molecule has 0 aromatic heterocycles. The van der Waals surface area contributed by atoms with Crippen LogP contribution in [0.2, 0.25) is 0 Å². The van der Waals surface area contributed by atoms with E-state index < -0.39 is 0 Å². The molecule has 1 aromatic carbocycles. The van der Waals surface area contributed by atoms with Crippen LogP contribution in [0.1, 0.15) is 36.4 Å². The van der Waals surface area contributed by atoms with Crippen molar-refractivity contribution in [1.82, 2.24) is 5.32 Å². The van der Waals surface area contributed by atoms with Crippen LogP contribution in [-0.4, -0.2) is 19.8 Å². The number of methoxy groups -OCH3 is 1. The number of ether oxygens (including phenoxy) is 2. The standard InChI is InChI=1S/C14H19NO2/c1-9-7-11-12(15-10-3-4-10)5-6-17-14(11)13(8-9)16-2/h7-8,10,12,15H,3-6H2,1-2H3. The highest BCUT2D eigenvalue weighted by Gasteiger charge is 2.30. The van der Waals surface area contributed by atoms with E-state index in [1.807, 2.05) is 6.07 Å². The molecule has 0 radical (unpaired) electrons. The monoisotopic (exact) mass is 233 g/mol. The molecule has 1 atom stereocenters. The Balaban J connectivity index is 1.96. The van der Waals surface area contributed by atoms with Gasteiger partial charge in [-0.1, -0.05) is 6.07 Å². The van der Waals surface area contributed by atoms with E-state index in [-0.39, 0.29) is 0 Å². The molecule has 1 N–H and O–H groups in total. The Morgan fingerprint density at radius 2 is 2.12 bits per heavy atom. The van der Waals surface area contributed by atoms with Gasteiger partial charge in [0, 0.05) is 24.1 Å². The summed E-state index contributed by atoms with van der Waals surface area (Å²) in [5.74, 6) is 1.80. The molecule has 1 aliphatic heterocycles. The lowest BCUT2D eigenvalue weighted by molar-refractivity contribution is 0.238. The van der Waals surface area contributed by atoms with Crippen LogP contribution in [-0.2, 0) is 0 Å². The molecule has 1 fully saturated rings. The summed E-state index contributed by atoms with van der Waals surface area (Å²) in [4.78, 5) is 0. The van der Waals surface area contributed by atoms with Crippen LogP contribution < -0.4 is 14.8 Å². The molecule has 0 bridgehead atoms. The average molecular weight is 233 g/mol. The van der Waals surface area contributed by atoms with E-state index in [0.717, 1.165) is 30.6 Å². The van der Waals surface area contributed by atoms with E-state index in [9.17, 15) is 0 Å². The molecular formula is C14H19NO2. The third-order valence-corrected chi connectivity index (χ3v) is 3.49. The molecule has 0 spiro atoms. The fraction of sp³-hybridized carbons (Fsp3) is 0.571. The van der Waals surface area contributed by atoms with E-state index in [4.69, 9.17) is 9.47 Å². The van der Waals surface area contributed by atoms with Crippen molar-refractivity contribution in [2.45, 2.75) is 38.3 Å². The minimum atomic E-state index is 0.431. The zero-order valence-corrected chi connectivity index (χ0v) is 10.5. The fourth-order valence-corrected chi connectivity index (χ4v) is 2.47. The van der Waals surface area contributed by atoms with Crippen LogP contribution in [0.3, 0.4) is 0 Å². The maximum absolute atomic E-state index is 5.77. The quantitative estimate of drug-likeness (QED) is 0.870. The number of hydrogen-bond acceptors (Lipinski definition) is 3. The molecule has 1 aromatic rings. The molecular weight excluding hydrogens is 214 g/mol. The Labute approximate surface area is 102 Å². The van der Waals surface area contributed by atoms with Crippen LogP contribution >= 0.6 is 0 Å². The Hall–Kier alpha value is -1.22. The van der Waals surface area contributed by atoms with Crippen LogP contribution in [0.15, 0.2) is 12.1 Å². The number of aryl methyl sites for hydroxylation is 1. The van der Waals surface area contributed by atoms with Crippen LogP contribution in [0, 0.1) is 6.92 Å². The van der Waals surface area contributed by atoms with Crippen molar-refractivity contribution >= 4 is 0 Å². The lowest BCUT2D eigenvalue weighted by Gasteiger charge is -2.28. The molecule has 17 heavy (non-hydrogen) atoms. The summed E-state index contributed by atoms with van der Waals surface area (Å²) >= 11 is 0. The van der Waals surface area contributed by atoms with Crippen molar-refractivity contribution in [1.29, 1.82) is 0 Å². The molecule has 3 rings (SSSR count). The highest BCUT2D eigenvalue weighted by atomic mass is 16.5. The number of rotatable bonds is 3. The SMILES string of the molecule is COc1cc(C)cc2c1OCCC2NC1CC1. The summed E-state index contributed by atoms with van der Waals surface area (Å²) in [5, 5.41) is 3.69. The van der Waals surface area contributed by atoms with Crippen molar-refractivity contribution in [2.75, 3.05) is 13.7 Å². The Morgan fingerprint density at radius 3 is 2.82 bits per heavy atom. The van der Waals surface area contributed by atoms with Crippen LogP contribution in [0.5, 0.6) is 11.5 Å². The van der Waals surface area contributed by atoms with E-state index in [1.54, 1.807) is 7.11 Å². The molecule has 1 saturated carbocycles. The second kappa shape index (κ2) is 4.22. The molecule has 3 heteroatoms. The minimum absolute atomic E-state index is 0.431. The van der Waals surface area contributed by atoms with Crippen molar-refractivity contribution in [2.24, 2.45) is 0 Å². The second-order valence-electron chi connectivity index (χ2n) is 5.02. The predicted molar refractivity (Wildman–Crippen MR) is 66.7 cm³/mol. The van der Waals surface area contributed by atoms with Gasteiger partial charge >= 0.3 is 0 Å². The summed E-state index contributed by atoms with van der Waals surface area (Å²) in [5.41, 5.74) is 2.49. The first-order valence-electron chi connectivity index (χ1n) is 6.35. The Bertz CT molecular complexity index is 426. The third-order valence-electron chi connectivity index (χ3n) is 3.49. The van der Waals surface area contributed by atoms with Gasteiger partial charge in [0.2, 0.25) is 0 Å². The van der Waals surface area contributed by atoms with Gasteiger partial charge in [0.05, 0.1) is 13.7 Å². The molecule has 0 amide bonds. The van der Waals surface area contributed by atoms with E-state index in [0.29, 0.717) is 6.04 Å². The molecule has 2 aliphatic rings. The van der Waals surface area contributed by atoms with Gasteiger partial charge in [-0.05, 0) is 31.4 Å². The largest absolute Gasteiger partial charge is 0.493 e. The molecule has 1 heterocycles. The predicted octanol–water partition coefficient (Wildman–Crippen LogP) is 2.58. The number of hydrogen-bond donors (Lipinski definition) is 1. The molecule has 1 aliphatic carbocycles. The Kier molecular flexibility index (Phi) is 2.71. The molecule has 92 valence electrons. The van der Waals surface area contributed by atoms with Gasteiger partial charge in [0.25, 0.3) is 0 Å². The highest BCUT2D eigenvalue weighted by molar-refractivity contribution is 5.51. The maximum atomic E-state index is 5.77. The molecule has 1 unspecified atom stereocenters. The van der Waals surface area contributed by atoms with Gasteiger partial charge in [-0.15, -0.1) is 0 Å². The number of nitrogens with one attached hydrogen (secondary N) is 1. The second-order valence-corrected chi connectivity index (χ2v) is 5.02. The van der Waals surface area contributed by atoms with Gasteiger partial charge in [-0.25, -0.2) is 0 Å². The highest BCUT2D eigenvalue weighted by Crippen LogP contribution is 2.41. The lowest BCUT2D eigenvalue weighted by Crippen LogP contribution is -2.28. The van der Waals surface area contributed by atoms with Crippen LogP contribution in [0.25, 0.3) is 0 Å². The lowest BCUT2D eigenvalue weighted by atomic mass is 9.98. The summed E-state index contributed by atoms with van der Waals surface area (Å²) in [7, 11) is 1.70. The topological polar surface area (TPSA) is 30.5 Å². The van der Waals surface area contributed by atoms with Gasteiger partial charge in [-0.2, -0.15) is 0 Å².